The van der Waals surface area contributed by atoms with Crippen LogP contribution < -0.4 is 5.73 Å². The molecule has 19 heavy (non-hydrogen) atoms. The number of rotatable bonds is 2. The lowest BCUT2D eigenvalue weighted by Gasteiger charge is -2.28. The monoisotopic (exact) mass is 281 g/mol. The smallest absolute Gasteiger partial charge is 0.332 e. The Hall–Kier alpha value is -1.44. The van der Waals surface area contributed by atoms with Crippen molar-refractivity contribution in [3.63, 3.8) is 0 Å². The maximum absolute atomic E-state index is 12.4. The standard InChI is InChI=1S/C12H15N3O3S/c13-9-4-3-7-15(8-9)19(16,17)12-14-10-5-1-2-6-11(10)18-12/h1-2,5-6,9H,3-4,7-8,13H2/t9-/m0/s1. The SMILES string of the molecule is N[C@H]1CCCN(S(=O)(=O)c2nc3ccccc3o2)C1. The van der Waals surface area contributed by atoms with Gasteiger partial charge in [0.1, 0.15) is 5.52 Å². The number of nitrogens with zero attached hydrogens (tertiary/aromatic N) is 2. The fraction of sp³-hybridized carbons (Fsp3) is 0.417. The lowest BCUT2D eigenvalue weighted by molar-refractivity contribution is 0.305. The zero-order valence-electron chi connectivity index (χ0n) is 10.3. The molecule has 0 radical (unpaired) electrons. The van der Waals surface area contributed by atoms with Gasteiger partial charge in [-0.15, -0.1) is 0 Å². The van der Waals surface area contributed by atoms with Crippen molar-refractivity contribution in [2.24, 2.45) is 5.73 Å². The van der Waals surface area contributed by atoms with Crippen LogP contribution in [0.25, 0.3) is 11.1 Å². The van der Waals surface area contributed by atoms with Crippen LogP contribution in [0.4, 0.5) is 0 Å². The van der Waals surface area contributed by atoms with Gasteiger partial charge in [0.2, 0.25) is 0 Å². The lowest BCUT2D eigenvalue weighted by Crippen LogP contribution is -2.45. The molecule has 1 atom stereocenters. The van der Waals surface area contributed by atoms with Crippen LogP contribution in [-0.4, -0.2) is 36.8 Å². The molecule has 0 bridgehead atoms. The molecule has 1 aromatic carbocycles. The Kier molecular flexibility index (Phi) is 3.04. The minimum atomic E-state index is -3.68. The van der Waals surface area contributed by atoms with Crippen LogP contribution in [0.5, 0.6) is 0 Å². The van der Waals surface area contributed by atoms with E-state index in [0.29, 0.717) is 24.2 Å². The van der Waals surface area contributed by atoms with Crippen LogP contribution in [0.15, 0.2) is 33.9 Å². The Morgan fingerprint density at radius 2 is 2.16 bits per heavy atom. The van der Waals surface area contributed by atoms with E-state index in [0.717, 1.165) is 12.8 Å². The van der Waals surface area contributed by atoms with Gasteiger partial charge < -0.3 is 10.2 Å². The number of sulfonamides is 1. The Balaban J connectivity index is 1.99. The summed E-state index contributed by atoms with van der Waals surface area (Å²) in [6, 6.07) is 6.87. The van der Waals surface area contributed by atoms with Gasteiger partial charge >= 0.3 is 5.22 Å². The summed E-state index contributed by atoms with van der Waals surface area (Å²) in [5.41, 5.74) is 6.84. The Morgan fingerprint density at radius 3 is 2.89 bits per heavy atom. The maximum Gasteiger partial charge on any atom is 0.332 e. The first-order valence-corrected chi connectivity index (χ1v) is 7.63. The summed E-state index contributed by atoms with van der Waals surface area (Å²) in [6.07, 6.45) is 1.61. The van der Waals surface area contributed by atoms with Crippen LogP contribution in [0.1, 0.15) is 12.8 Å². The van der Waals surface area contributed by atoms with Crippen molar-refractivity contribution in [3.05, 3.63) is 24.3 Å². The van der Waals surface area contributed by atoms with E-state index in [1.807, 2.05) is 0 Å². The first-order valence-electron chi connectivity index (χ1n) is 6.19. The molecule has 1 fully saturated rings. The van der Waals surface area contributed by atoms with E-state index in [1.54, 1.807) is 24.3 Å². The van der Waals surface area contributed by atoms with Crippen molar-refractivity contribution in [1.82, 2.24) is 9.29 Å². The quantitative estimate of drug-likeness (QED) is 0.884. The third-order valence-electron chi connectivity index (χ3n) is 3.26. The highest BCUT2D eigenvalue weighted by Gasteiger charge is 2.32. The number of piperidine rings is 1. The lowest BCUT2D eigenvalue weighted by atomic mass is 10.1. The molecule has 0 saturated carbocycles. The van der Waals surface area contributed by atoms with Crippen molar-refractivity contribution < 1.29 is 12.8 Å². The number of hydrogen-bond donors (Lipinski definition) is 1. The van der Waals surface area contributed by atoms with E-state index < -0.39 is 10.0 Å². The molecule has 1 aliphatic heterocycles. The van der Waals surface area contributed by atoms with Gasteiger partial charge in [-0.3, -0.25) is 0 Å². The van der Waals surface area contributed by atoms with Crippen LogP contribution in [0.3, 0.4) is 0 Å². The Morgan fingerprint density at radius 1 is 1.37 bits per heavy atom. The van der Waals surface area contributed by atoms with Crippen molar-refractivity contribution in [3.8, 4) is 0 Å². The first-order chi connectivity index (χ1) is 9.07. The van der Waals surface area contributed by atoms with Gasteiger partial charge in [0.15, 0.2) is 5.58 Å². The number of benzene rings is 1. The van der Waals surface area contributed by atoms with Gasteiger partial charge in [0.05, 0.1) is 0 Å². The number of para-hydroxylation sites is 2. The van der Waals surface area contributed by atoms with E-state index in [9.17, 15) is 8.42 Å². The van der Waals surface area contributed by atoms with E-state index in [4.69, 9.17) is 10.2 Å². The van der Waals surface area contributed by atoms with Crippen molar-refractivity contribution in [1.29, 1.82) is 0 Å². The molecular formula is C12H15N3O3S. The fourth-order valence-electron chi connectivity index (χ4n) is 2.26. The highest BCUT2D eigenvalue weighted by atomic mass is 32.2. The van der Waals surface area contributed by atoms with Crippen LogP contribution in [0, 0.1) is 0 Å². The molecule has 6 nitrogen and oxygen atoms in total. The third kappa shape index (κ3) is 2.24. The molecule has 3 rings (SSSR count). The van der Waals surface area contributed by atoms with Crippen molar-refractivity contribution >= 4 is 21.1 Å². The van der Waals surface area contributed by atoms with Crippen LogP contribution >= 0.6 is 0 Å². The molecule has 2 N–H and O–H groups in total. The topological polar surface area (TPSA) is 89.4 Å². The molecule has 0 spiro atoms. The van der Waals surface area contributed by atoms with Crippen LogP contribution in [-0.2, 0) is 10.0 Å². The molecule has 1 aromatic heterocycles. The minimum Gasteiger partial charge on any atom is -0.427 e. The third-order valence-corrected chi connectivity index (χ3v) is 4.88. The van der Waals surface area contributed by atoms with Crippen molar-refractivity contribution in [2.75, 3.05) is 13.1 Å². The molecule has 0 unspecified atom stereocenters. The second-order valence-corrected chi connectivity index (χ2v) is 6.53. The molecular weight excluding hydrogens is 266 g/mol. The van der Waals surface area contributed by atoms with E-state index >= 15 is 0 Å². The van der Waals surface area contributed by atoms with Gasteiger partial charge in [0, 0.05) is 19.1 Å². The molecule has 1 saturated heterocycles. The van der Waals surface area contributed by atoms with Crippen molar-refractivity contribution in [2.45, 2.75) is 24.1 Å². The molecule has 102 valence electrons. The Bertz CT molecular complexity index is 662. The molecule has 7 heteroatoms. The summed E-state index contributed by atoms with van der Waals surface area (Å²) in [5.74, 6) is 0. The predicted octanol–water partition coefficient (Wildman–Crippen LogP) is 0.940. The average Bonchev–Trinajstić information content (AvgIpc) is 2.83. The van der Waals surface area contributed by atoms with E-state index in [-0.39, 0.29) is 11.3 Å². The van der Waals surface area contributed by atoms with Gasteiger partial charge in [-0.1, -0.05) is 12.1 Å². The highest BCUT2D eigenvalue weighted by Crippen LogP contribution is 2.23. The summed E-state index contributed by atoms with van der Waals surface area (Å²) < 4.78 is 31.5. The summed E-state index contributed by atoms with van der Waals surface area (Å²) in [7, 11) is -3.68. The van der Waals surface area contributed by atoms with Gasteiger partial charge in [-0.05, 0) is 25.0 Å². The van der Waals surface area contributed by atoms with Gasteiger partial charge in [0.25, 0.3) is 10.0 Å². The second-order valence-electron chi connectivity index (χ2n) is 4.71. The zero-order valence-corrected chi connectivity index (χ0v) is 11.1. The molecule has 0 aliphatic carbocycles. The summed E-state index contributed by atoms with van der Waals surface area (Å²) in [6.45, 7) is 0.788. The number of fused-ring (bicyclic) bond motifs is 1. The number of nitrogens with two attached hydrogens (primary N) is 1. The number of oxazole rings is 1. The second kappa shape index (κ2) is 4.59. The minimum absolute atomic E-state index is 0.118. The number of hydrogen-bond acceptors (Lipinski definition) is 5. The Labute approximate surface area is 111 Å². The average molecular weight is 281 g/mol. The summed E-state index contributed by atoms with van der Waals surface area (Å²) in [5, 5.41) is -0.247. The highest BCUT2D eigenvalue weighted by molar-refractivity contribution is 7.88. The molecule has 1 aliphatic rings. The largest absolute Gasteiger partial charge is 0.427 e. The van der Waals surface area contributed by atoms with Gasteiger partial charge in [-0.2, -0.15) is 9.29 Å². The van der Waals surface area contributed by atoms with E-state index in [1.165, 1.54) is 4.31 Å². The normalized spacial score (nSPS) is 21.8. The first kappa shape index (κ1) is 12.6. The van der Waals surface area contributed by atoms with Gasteiger partial charge in [-0.25, -0.2) is 8.42 Å². The summed E-state index contributed by atoms with van der Waals surface area (Å²) in [4.78, 5) is 4.05. The zero-order chi connectivity index (χ0) is 13.5. The molecule has 0 amide bonds. The predicted molar refractivity (Wildman–Crippen MR) is 70.0 cm³/mol. The van der Waals surface area contributed by atoms with E-state index in [2.05, 4.69) is 4.98 Å². The summed E-state index contributed by atoms with van der Waals surface area (Å²) >= 11 is 0. The fourth-order valence-corrected chi connectivity index (χ4v) is 3.65. The molecule has 2 heterocycles. The number of aromatic nitrogens is 1. The maximum atomic E-state index is 12.4. The molecule has 2 aromatic rings. The van der Waals surface area contributed by atoms with Crippen LogP contribution in [0.2, 0.25) is 0 Å².